The van der Waals surface area contributed by atoms with Crippen LogP contribution in [-0.2, 0) is 0 Å². The summed E-state index contributed by atoms with van der Waals surface area (Å²) in [5.41, 5.74) is 6.30. The Kier molecular flexibility index (Phi) is 6.60. The van der Waals surface area contributed by atoms with Crippen LogP contribution in [0, 0.1) is 0 Å². The second kappa shape index (κ2) is 4.71. The molecule has 0 amide bonds. The Hall–Kier alpha value is 0.943. The summed E-state index contributed by atoms with van der Waals surface area (Å²) >= 11 is 0. The van der Waals surface area contributed by atoms with Gasteiger partial charge in [-0.1, -0.05) is 26.6 Å². The smallest absolute Gasteiger partial charge is 0.316 e. The molecule has 0 aromatic heterocycles. The van der Waals surface area contributed by atoms with E-state index in [1.807, 2.05) is 0 Å². The van der Waals surface area contributed by atoms with E-state index in [2.05, 4.69) is 26.6 Å². The molecule has 3 heteroatoms. The lowest BCUT2D eigenvalue weighted by atomic mass is 10.5. The van der Waals surface area contributed by atoms with Gasteiger partial charge in [0.05, 0.1) is 8.07 Å². The largest absolute Gasteiger partial charge is 0.330 e. The first kappa shape index (κ1) is 12.6. The van der Waals surface area contributed by atoms with Crippen LogP contribution in [-0.4, -0.2) is 36.8 Å². The maximum atomic E-state index is 5.81. The fourth-order valence-corrected chi connectivity index (χ4v) is 1.84. The minimum absolute atomic E-state index is 0. The van der Waals surface area contributed by atoms with E-state index in [-0.39, 0.29) is 23.1 Å². The fraction of sp³-hybridized carbons (Fsp3) is 1.00. The zero-order valence-electron chi connectivity index (χ0n) is 6.36. The number of hydrogen-bond acceptors (Lipinski definition) is 1. The quantitative estimate of drug-likeness (QED) is 0.587. The van der Waals surface area contributed by atoms with Gasteiger partial charge in [0.2, 0.25) is 0 Å². The zero-order valence-corrected chi connectivity index (χ0v) is 7.36. The molecule has 0 spiro atoms. The minimum atomic E-state index is -0.983. The highest BCUT2D eigenvalue weighted by atomic mass is 28.3. The van der Waals surface area contributed by atoms with Gasteiger partial charge in [0, 0.05) is 0 Å². The molecule has 0 bridgehead atoms. The van der Waals surface area contributed by atoms with Crippen LogP contribution in [0.3, 0.4) is 0 Å². The van der Waals surface area contributed by atoms with E-state index in [1.54, 1.807) is 0 Å². The van der Waals surface area contributed by atoms with Crippen molar-refractivity contribution in [3.63, 3.8) is 0 Å². The van der Waals surface area contributed by atoms with Crippen molar-refractivity contribution in [2.24, 2.45) is 5.73 Å². The van der Waals surface area contributed by atoms with Gasteiger partial charge in [-0.25, -0.2) is 0 Å². The van der Waals surface area contributed by atoms with Crippen LogP contribution in [0.2, 0.25) is 19.6 Å². The van der Waals surface area contributed by atoms with E-state index in [9.17, 15) is 0 Å². The molecule has 1 unspecified atom stereocenters. The van der Waals surface area contributed by atoms with E-state index in [1.165, 1.54) is 0 Å². The molecule has 0 aliphatic carbocycles. The van der Waals surface area contributed by atoms with Gasteiger partial charge in [-0.05, 0) is 12.1 Å². The molecule has 1 nitrogen and oxygen atoms in total. The standard InChI is InChI=1S/C6H17NSi.Mg.2H/c1-5-6(7)8(2,3)4;;;/h6H,5,7H2,1-4H3;;;. The van der Waals surface area contributed by atoms with Gasteiger partial charge in [-0.15, -0.1) is 0 Å². The summed E-state index contributed by atoms with van der Waals surface area (Å²) in [6.45, 7) is 9.08. The Morgan fingerprint density at radius 3 is 1.67 bits per heavy atom. The van der Waals surface area contributed by atoms with Crippen LogP contribution < -0.4 is 5.73 Å². The monoisotopic (exact) mass is 157 g/mol. The second-order valence-electron chi connectivity index (χ2n) is 3.38. The number of hydrogen-bond donors (Lipinski definition) is 1. The van der Waals surface area contributed by atoms with Crippen molar-refractivity contribution < 1.29 is 0 Å². The molecule has 0 heterocycles. The molecule has 0 aromatic carbocycles. The summed E-state index contributed by atoms with van der Waals surface area (Å²) in [7, 11) is -0.983. The SMILES string of the molecule is CCC(N)[Si](C)(C)C.[MgH2]. The summed E-state index contributed by atoms with van der Waals surface area (Å²) in [5.74, 6) is 0. The first-order valence-electron chi connectivity index (χ1n) is 3.24. The summed E-state index contributed by atoms with van der Waals surface area (Å²) in [6.07, 6.45) is 1.13. The van der Waals surface area contributed by atoms with Crippen molar-refractivity contribution >= 4 is 31.1 Å². The predicted molar refractivity (Wildman–Crippen MR) is 50.2 cm³/mol. The van der Waals surface area contributed by atoms with Crippen LogP contribution in [0.25, 0.3) is 0 Å². The van der Waals surface area contributed by atoms with E-state index in [4.69, 9.17) is 5.73 Å². The maximum Gasteiger partial charge on any atom is 0.316 e. The third-order valence-corrected chi connectivity index (χ3v) is 4.19. The summed E-state index contributed by atoms with van der Waals surface area (Å²) < 4.78 is 0. The van der Waals surface area contributed by atoms with E-state index < -0.39 is 8.07 Å². The van der Waals surface area contributed by atoms with E-state index in [0.717, 1.165) is 6.42 Å². The average Bonchev–Trinajstić information content (AvgIpc) is 1.62. The zero-order chi connectivity index (χ0) is 6.78. The highest BCUT2D eigenvalue weighted by Crippen LogP contribution is 2.06. The minimum Gasteiger partial charge on any atom is -0.330 e. The lowest BCUT2D eigenvalue weighted by Crippen LogP contribution is -2.44. The molecule has 54 valence electrons. The molecule has 0 saturated carbocycles. The normalized spacial score (nSPS) is 14.3. The molecule has 9 heavy (non-hydrogen) atoms. The molecule has 1 atom stereocenters. The molecule has 0 aliphatic heterocycles. The molecule has 0 saturated heterocycles. The number of rotatable bonds is 2. The summed E-state index contributed by atoms with van der Waals surface area (Å²) in [5, 5.41) is 0. The Morgan fingerprint density at radius 1 is 1.33 bits per heavy atom. The van der Waals surface area contributed by atoms with Crippen molar-refractivity contribution in [3.05, 3.63) is 0 Å². The van der Waals surface area contributed by atoms with Crippen LogP contribution in [0.1, 0.15) is 13.3 Å². The van der Waals surface area contributed by atoms with Gasteiger partial charge in [0.25, 0.3) is 0 Å². The highest BCUT2D eigenvalue weighted by molar-refractivity contribution is 6.77. The van der Waals surface area contributed by atoms with Crippen molar-refractivity contribution in [2.75, 3.05) is 0 Å². The Labute approximate surface area is 75.6 Å². The predicted octanol–water partition coefficient (Wildman–Crippen LogP) is 0.685. The molecular formula is C6H19MgNSi. The maximum absolute atomic E-state index is 5.81. The Bertz CT molecular complexity index is 69.9. The van der Waals surface area contributed by atoms with Crippen molar-refractivity contribution in [1.29, 1.82) is 0 Å². The Balaban J connectivity index is 0. The third kappa shape index (κ3) is 5.39. The summed E-state index contributed by atoms with van der Waals surface area (Å²) in [6, 6.07) is 0. The van der Waals surface area contributed by atoms with E-state index >= 15 is 0 Å². The lowest BCUT2D eigenvalue weighted by molar-refractivity contribution is 0.820. The van der Waals surface area contributed by atoms with Gasteiger partial charge in [-0.3, -0.25) is 0 Å². The van der Waals surface area contributed by atoms with Crippen molar-refractivity contribution in [3.8, 4) is 0 Å². The first-order chi connectivity index (χ1) is 3.48. The number of nitrogens with two attached hydrogens (primary N) is 1. The Morgan fingerprint density at radius 2 is 1.67 bits per heavy atom. The van der Waals surface area contributed by atoms with Gasteiger partial charge in [-0.2, -0.15) is 0 Å². The van der Waals surface area contributed by atoms with Crippen LogP contribution in [0.15, 0.2) is 0 Å². The fourth-order valence-electron chi connectivity index (χ4n) is 0.612. The van der Waals surface area contributed by atoms with Gasteiger partial charge in [0.15, 0.2) is 0 Å². The molecule has 0 aliphatic rings. The highest BCUT2D eigenvalue weighted by Gasteiger charge is 2.20. The average molecular weight is 158 g/mol. The van der Waals surface area contributed by atoms with Crippen LogP contribution >= 0.6 is 0 Å². The van der Waals surface area contributed by atoms with E-state index in [0.29, 0.717) is 5.67 Å². The first-order valence-corrected chi connectivity index (χ1v) is 6.81. The molecular weight excluding hydrogens is 138 g/mol. The van der Waals surface area contributed by atoms with Crippen LogP contribution in [0.5, 0.6) is 0 Å². The van der Waals surface area contributed by atoms with Gasteiger partial charge >= 0.3 is 23.1 Å². The molecule has 0 fully saturated rings. The van der Waals surface area contributed by atoms with Crippen molar-refractivity contribution in [2.45, 2.75) is 38.7 Å². The lowest BCUT2D eigenvalue weighted by Gasteiger charge is -2.22. The van der Waals surface area contributed by atoms with Gasteiger partial charge in [0.1, 0.15) is 0 Å². The topological polar surface area (TPSA) is 26.0 Å². The second-order valence-corrected chi connectivity index (χ2v) is 8.85. The van der Waals surface area contributed by atoms with Crippen molar-refractivity contribution in [1.82, 2.24) is 0 Å². The molecule has 0 aromatic rings. The summed E-state index contributed by atoms with van der Waals surface area (Å²) in [4.78, 5) is 0. The molecule has 2 N–H and O–H groups in total. The van der Waals surface area contributed by atoms with Crippen LogP contribution in [0.4, 0.5) is 0 Å². The molecule has 0 rings (SSSR count). The third-order valence-electron chi connectivity index (χ3n) is 1.55. The molecule has 0 radical (unpaired) electrons. The van der Waals surface area contributed by atoms with Gasteiger partial charge < -0.3 is 5.73 Å².